The van der Waals surface area contributed by atoms with Gasteiger partial charge >= 0.3 is 6.18 Å². The SMILES string of the molecule is Cc1nc(C(F)(F)F)c(C(=O)N[C@H](c2ccc(Cl)cc2)C(C)C)s1. The molecule has 0 saturated heterocycles. The van der Waals surface area contributed by atoms with Crippen molar-refractivity contribution in [2.24, 2.45) is 5.92 Å². The van der Waals surface area contributed by atoms with Gasteiger partial charge in [-0.05, 0) is 30.5 Å². The van der Waals surface area contributed by atoms with E-state index in [1.54, 1.807) is 24.3 Å². The predicted octanol–water partition coefficient (Wildman–Crippen LogP) is 5.25. The molecular formula is C16H16ClF3N2OS. The summed E-state index contributed by atoms with van der Waals surface area (Å²) >= 11 is 6.59. The molecule has 0 saturated carbocycles. The zero-order chi connectivity index (χ0) is 18.1. The molecule has 0 unspecified atom stereocenters. The van der Waals surface area contributed by atoms with Crippen LogP contribution in [0.15, 0.2) is 24.3 Å². The highest BCUT2D eigenvalue weighted by atomic mass is 35.5. The maximum Gasteiger partial charge on any atom is 0.435 e. The van der Waals surface area contributed by atoms with Crippen molar-refractivity contribution in [2.45, 2.75) is 33.0 Å². The summed E-state index contributed by atoms with van der Waals surface area (Å²) in [5, 5.41) is 3.42. The molecule has 1 N–H and O–H groups in total. The third-order valence-corrected chi connectivity index (χ3v) is 4.61. The number of halogens is 4. The smallest absolute Gasteiger partial charge is 0.344 e. The molecule has 3 nitrogen and oxygen atoms in total. The van der Waals surface area contributed by atoms with E-state index in [1.165, 1.54) is 6.92 Å². The summed E-state index contributed by atoms with van der Waals surface area (Å²) in [6.45, 7) is 5.19. The average molecular weight is 377 g/mol. The molecule has 1 heterocycles. The standard InChI is InChI=1S/C16H16ClF3N2OS/c1-8(2)12(10-4-6-11(17)7-5-10)22-15(23)13-14(16(18,19)20)21-9(3)24-13/h4-8,12H,1-3H3,(H,22,23)/t12-/m0/s1. The predicted molar refractivity (Wildman–Crippen MR) is 88.4 cm³/mol. The van der Waals surface area contributed by atoms with Crippen LogP contribution in [0.25, 0.3) is 0 Å². The number of aromatic nitrogens is 1. The molecule has 24 heavy (non-hydrogen) atoms. The third-order valence-electron chi connectivity index (χ3n) is 3.39. The molecule has 130 valence electrons. The zero-order valence-corrected chi connectivity index (χ0v) is 14.8. The van der Waals surface area contributed by atoms with E-state index in [9.17, 15) is 18.0 Å². The Bertz CT molecular complexity index is 726. The molecule has 0 spiro atoms. The van der Waals surface area contributed by atoms with E-state index in [-0.39, 0.29) is 10.9 Å². The van der Waals surface area contributed by atoms with Gasteiger partial charge in [0.1, 0.15) is 4.88 Å². The Hall–Kier alpha value is -1.60. The van der Waals surface area contributed by atoms with E-state index in [0.717, 1.165) is 16.9 Å². The first-order valence-corrected chi connectivity index (χ1v) is 8.40. The van der Waals surface area contributed by atoms with E-state index < -0.39 is 28.7 Å². The molecule has 1 aromatic heterocycles. The highest BCUT2D eigenvalue weighted by Crippen LogP contribution is 2.34. The number of benzene rings is 1. The van der Waals surface area contributed by atoms with Crippen LogP contribution in [0.1, 0.15) is 45.8 Å². The van der Waals surface area contributed by atoms with Crippen molar-refractivity contribution in [2.75, 3.05) is 0 Å². The second-order valence-electron chi connectivity index (χ2n) is 5.66. The Kier molecular flexibility index (Phi) is 5.55. The molecule has 0 bridgehead atoms. The van der Waals surface area contributed by atoms with Crippen LogP contribution in [0.3, 0.4) is 0 Å². The summed E-state index contributed by atoms with van der Waals surface area (Å²) in [7, 11) is 0. The highest BCUT2D eigenvalue weighted by molar-refractivity contribution is 7.13. The van der Waals surface area contributed by atoms with Gasteiger partial charge in [-0.1, -0.05) is 37.6 Å². The zero-order valence-electron chi connectivity index (χ0n) is 13.2. The number of nitrogens with one attached hydrogen (secondary N) is 1. The van der Waals surface area contributed by atoms with Crippen LogP contribution in [0.5, 0.6) is 0 Å². The molecule has 1 aromatic carbocycles. The van der Waals surface area contributed by atoms with Crippen LogP contribution in [0.4, 0.5) is 13.2 Å². The number of rotatable bonds is 4. The van der Waals surface area contributed by atoms with Gasteiger partial charge in [0.2, 0.25) is 0 Å². The molecule has 1 atom stereocenters. The van der Waals surface area contributed by atoms with Gasteiger partial charge in [0.15, 0.2) is 5.69 Å². The van der Waals surface area contributed by atoms with Crippen LogP contribution in [-0.4, -0.2) is 10.9 Å². The molecule has 0 aliphatic heterocycles. The van der Waals surface area contributed by atoms with Crippen molar-refractivity contribution in [3.63, 3.8) is 0 Å². The van der Waals surface area contributed by atoms with Crippen LogP contribution in [0, 0.1) is 12.8 Å². The number of nitrogens with zero attached hydrogens (tertiary/aromatic N) is 1. The van der Waals surface area contributed by atoms with Gasteiger partial charge in [-0.15, -0.1) is 11.3 Å². The van der Waals surface area contributed by atoms with Gasteiger partial charge in [0.05, 0.1) is 11.0 Å². The lowest BCUT2D eigenvalue weighted by Crippen LogP contribution is -2.32. The molecule has 0 fully saturated rings. The second kappa shape index (κ2) is 7.11. The van der Waals surface area contributed by atoms with Gasteiger partial charge in [-0.25, -0.2) is 4.98 Å². The van der Waals surface area contributed by atoms with E-state index in [0.29, 0.717) is 5.02 Å². The minimum absolute atomic E-state index is 0.0153. The van der Waals surface area contributed by atoms with E-state index >= 15 is 0 Å². The Morgan fingerprint density at radius 2 is 1.83 bits per heavy atom. The largest absolute Gasteiger partial charge is 0.435 e. The summed E-state index contributed by atoms with van der Waals surface area (Å²) in [4.78, 5) is 15.5. The third kappa shape index (κ3) is 4.27. The fourth-order valence-corrected chi connectivity index (χ4v) is 3.25. The van der Waals surface area contributed by atoms with Crippen LogP contribution < -0.4 is 5.32 Å². The van der Waals surface area contributed by atoms with Crippen LogP contribution >= 0.6 is 22.9 Å². The van der Waals surface area contributed by atoms with Crippen molar-refractivity contribution in [3.8, 4) is 0 Å². The number of alkyl halides is 3. The van der Waals surface area contributed by atoms with E-state index in [1.807, 2.05) is 13.8 Å². The molecule has 2 aromatic rings. The first kappa shape index (κ1) is 18.7. The van der Waals surface area contributed by atoms with E-state index in [2.05, 4.69) is 10.3 Å². The number of thiazole rings is 1. The number of aryl methyl sites for hydroxylation is 1. The summed E-state index contributed by atoms with van der Waals surface area (Å²) in [5.41, 5.74) is -0.362. The minimum Gasteiger partial charge on any atom is -0.344 e. The Morgan fingerprint density at radius 3 is 2.33 bits per heavy atom. The summed E-state index contributed by atoms with van der Waals surface area (Å²) < 4.78 is 39.1. The molecule has 0 aliphatic carbocycles. The lowest BCUT2D eigenvalue weighted by molar-refractivity contribution is -0.141. The maximum absolute atomic E-state index is 13.0. The highest BCUT2D eigenvalue weighted by Gasteiger charge is 2.39. The normalized spacial score (nSPS) is 13.2. The number of amides is 1. The fourth-order valence-electron chi connectivity index (χ4n) is 2.28. The molecule has 8 heteroatoms. The molecule has 0 aliphatic rings. The Labute approximate surface area is 146 Å². The number of hydrogen-bond acceptors (Lipinski definition) is 3. The van der Waals surface area contributed by atoms with E-state index in [4.69, 9.17) is 11.6 Å². The van der Waals surface area contributed by atoms with Crippen LogP contribution in [-0.2, 0) is 6.18 Å². The summed E-state index contributed by atoms with van der Waals surface area (Å²) in [6, 6.07) is 6.41. The molecular weight excluding hydrogens is 361 g/mol. The van der Waals surface area contributed by atoms with Crippen molar-refractivity contribution in [1.82, 2.24) is 10.3 Å². The van der Waals surface area contributed by atoms with Crippen molar-refractivity contribution < 1.29 is 18.0 Å². The van der Waals surface area contributed by atoms with Crippen molar-refractivity contribution in [1.29, 1.82) is 0 Å². The first-order valence-electron chi connectivity index (χ1n) is 7.20. The number of carbonyl (C=O) groups excluding carboxylic acids is 1. The summed E-state index contributed by atoms with van der Waals surface area (Å²) in [6.07, 6.45) is -4.66. The topological polar surface area (TPSA) is 42.0 Å². The second-order valence-corrected chi connectivity index (χ2v) is 7.29. The molecule has 0 radical (unpaired) electrons. The monoisotopic (exact) mass is 376 g/mol. The fraction of sp³-hybridized carbons (Fsp3) is 0.375. The Balaban J connectivity index is 2.31. The quantitative estimate of drug-likeness (QED) is 0.791. The first-order chi connectivity index (χ1) is 11.1. The summed E-state index contributed by atoms with van der Waals surface area (Å²) in [5.74, 6) is -0.792. The van der Waals surface area contributed by atoms with Gasteiger partial charge in [0.25, 0.3) is 5.91 Å². The maximum atomic E-state index is 13.0. The van der Waals surface area contributed by atoms with Gasteiger partial charge in [-0.2, -0.15) is 13.2 Å². The molecule has 2 rings (SSSR count). The lowest BCUT2D eigenvalue weighted by atomic mass is 9.96. The number of carbonyl (C=O) groups is 1. The van der Waals surface area contributed by atoms with Crippen molar-refractivity contribution in [3.05, 3.63) is 50.4 Å². The van der Waals surface area contributed by atoms with Crippen LogP contribution in [0.2, 0.25) is 5.02 Å². The molecule has 1 amide bonds. The number of hydrogen-bond donors (Lipinski definition) is 1. The van der Waals surface area contributed by atoms with Crippen molar-refractivity contribution >= 4 is 28.8 Å². The lowest BCUT2D eigenvalue weighted by Gasteiger charge is -2.23. The minimum atomic E-state index is -4.66. The average Bonchev–Trinajstić information content (AvgIpc) is 2.88. The van der Waals surface area contributed by atoms with Gasteiger partial charge < -0.3 is 5.32 Å². The van der Waals surface area contributed by atoms with Gasteiger partial charge in [0, 0.05) is 5.02 Å². The van der Waals surface area contributed by atoms with Gasteiger partial charge in [-0.3, -0.25) is 4.79 Å². The Morgan fingerprint density at radius 1 is 1.25 bits per heavy atom.